The van der Waals surface area contributed by atoms with Gasteiger partial charge in [-0.25, -0.2) is 9.67 Å². The van der Waals surface area contributed by atoms with E-state index in [0.717, 1.165) is 49.9 Å². The van der Waals surface area contributed by atoms with Gasteiger partial charge in [-0.2, -0.15) is 14.7 Å². The molecule has 25 heavy (non-hydrogen) atoms. The number of rotatable bonds is 4. The lowest BCUT2D eigenvalue weighted by Gasteiger charge is -2.36. The number of fused-ring (bicyclic) bond motifs is 1. The third-order valence-corrected chi connectivity index (χ3v) is 4.58. The second kappa shape index (κ2) is 6.64. The van der Waals surface area contributed by atoms with Crippen molar-refractivity contribution >= 4 is 11.5 Å². The number of anilines is 1. The quantitative estimate of drug-likeness (QED) is 0.686. The van der Waals surface area contributed by atoms with Gasteiger partial charge in [0.05, 0.1) is 12.7 Å². The Bertz CT molecular complexity index is 924. The lowest BCUT2D eigenvalue weighted by atomic mass is 10.3. The lowest BCUT2D eigenvalue weighted by Crippen LogP contribution is -2.48. The topological polar surface area (TPSA) is 71.6 Å². The minimum Gasteiger partial charge on any atom is -0.354 e. The molecule has 0 radical (unpaired) electrons. The van der Waals surface area contributed by atoms with Crippen LogP contribution in [0.3, 0.4) is 0 Å². The maximum absolute atomic E-state index is 11.7. The molecular formula is C17H21N7O. The summed E-state index contributed by atoms with van der Waals surface area (Å²) in [5.41, 5.74) is 1.83. The van der Waals surface area contributed by atoms with Crippen LogP contribution in [0, 0.1) is 6.92 Å². The molecule has 8 nitrogen and oxygen atoms in total. The molecule has 0 bridgehead atoms. The summed E-state index contributed by atoms with van der Waals surface area (Å²) in [5.74, 6) is 1.09. The van der Waals surface area contributed by atoms with Crippen molar-refractivity contribution in [2.75, 3.05) is 37.6 Å². The first kappa shape index (κ1) is 15.8. The predicted molar refractivity (Wildman–Crippen MR) is 94.9 cm³/mol. The first-order valence-corrected chi connectivity index (χ1v) is 8.51. The molecule has 8 heteroatoms. The molecule has 0 aromatic carbocycles. The van der Waals surface area contributed by atoms with Crippen LogP contribution in [0.5, 0.6) is 0 Å². The molecule has 3 aromatic rings. The smallest absolute Gasteiger partial charge is 0.266 e. The molecule has 1 fully saturated rings. The largest absolute Gasteiger partial charge is 0.354 e. The van der Waals surface area contributed by atoms with Crippen LogP contribution in [0.4, 0.5) is 5.82 Å². The zero-order valence-electron chi connectivity index (χ0n) is 14.2. The Morgan fingerprint density at radius 3 is 2.68 bits per heavy atom. The van der Waals surface area contributed by atoms with Gasteiger partial charge in [0.1, 0.15) is 5.82 Å². The third-order valence-electron chi connectivity index (χ3n) is 4.58. The van der Waals surface area contributed by atoms with E-state index in [1.807, 2.05) is 17.5 Å². The van der Waals surface area contributed by atoms with Crippen LogP contribution in [-0.2, 0) is 6.54 Å². The molecule has 0 spiro atoms. The monoisotopic (exact) mass is 339 g/mol. The molecule has 4 rings (SSSR count). The van der Waals surface area contributed by atoms with Gasteiger partial charge in [-0.15, -0.1) is 0 Å². The van der Waals surface area contributed by atoms with E-state index in [1.165, 1.54) is 4.68 Å². The number of piperazine rings is 1. The fraction of sp³-hybridized carbons (Fsp3) is 0.412. The first-order valence-electron chi connectivity index (χ1n) is 8.51. The molecule has 130 valence electrons. The molecule has 0 N–H and O–H groups in total. The summed E-state index contributed by atoms with van der Waals surface area (Å²) < 4.78 is 3.42. The van der Waals surface area contributed by atoms with Crippen molar-refractivity contribution in [2.24, 2.45) is 0 Å². The van der Waals surface area contributed by atoms with E-state index in [0.29, 0.717) is 6.54 Å². The lowest BCUT2D eigenvalue weighted by molar-refractivity contribution is 0.242. The number of nitrogens with zero attached hydrogens (tertiary/aromatic N) is 7. The van der Waals surface area contributed by atoms with Gasteiger partial charge in [0, 0.05) is 62.8 Å². The molecule has 1 aliphatic rings. The number of hydrogen-bond donors (Lipinski definition) is 0. The van der Waals surface area contributed by atoms with Crippen LogP contribution >= 0.6 is 0 Å². The molecular weight excluding hydrogens is 318 g/mol. The van der Waals surface area contributed by atoms with E-state index in [9.17, 15) is 4.79 Å². The van der Waals surface area contributed by atoms with Gasteiger partial charge < -0.3 is 4.90 Å². The molecule has 0 aliphatic carbocycles. The van der Waals surface area contributed by atoms with Gasteiger partial charge in [-0.05, 0) is 13.0 Å². The Morgan fingerprint density at radius 2 is 1.88 bits per heavy atom. The zero-order chi connectivity index (χ0) is 17.2. The maximum Gasteiger partial charge on any atom is 0.266 e. The second-order valence-corrected chi connectivity index (χ2v) is 6.27. The van der Waals surface area contributed by atoms with Crippen LogP contribution in [-0.4, -0.2) is 62.0 Å². The van der Waals surface area contributed by atoms with Gasteiger partial charge in [-0.3, -0.25) is 9.69 Å². The average Bonchev–Trinajstić information content (AvgIpc) is 3.09. The summed E-state index contributed by atoms with van der Waals surface area (Å²) in [6.45, 7) is 7.22. The second-order valence-electron chi connectivity index (χ2n) is 6.27. The Hall–Kier alpha value is -2.74. The Balaban J connectivity index is 1.40. The highest BCUT2D eigenvalue weighted by Gasteiger charge is 2.20. The summed E-state index contributed by atoms with van der Waals surface area (Å²) in [4.78, 5) is 20.9. The van der Waals surface area contributed by atoms with Crippen LogP contribution < -0.4 is 10.5 Å². The first-order chi connectivity index (χ1) is 12.2. The molecule has 1 aliphatic heterocycles. The summed E-state index contributed by atoms with van der Waals surface area (Å²) in [6, 6.07) is 7.23. The Kier molecular flexibility index (Phi) is 4.19. The van der Waals surface area contributed by atoms with E-state index >= 15 is 0 Å². The average molecular weight is 339 g/mol. The van der Waals surface area contributed by atoms with E-state index in [4.69, 9.17) is 0 Å². The van der Waals surface area contributed by atoms with Gasteiger partial charge in [0.2, 0.25) is 0 Å². The number of aromatic nitrogens is 5. The minimum absolute atomic E-state index is 0.0468. The van der Waals surface area contributed by atoms with Crippen molar-refractivity contribution in [2.45, 2.75) is 13.5 Å². The Labute approximate surface area is 145 Å². The number of aryl methyl sites for hydroxylation is 1. The molecule has 0 atom stereocenters. The van der Waals surface area contributed by atoms with E-state index in [-0.39, 0.29) is 5.56 Å². The molecule has 0 amide bonds. The standard InChI is InChI=1S/C17H21N7O/c1-14-13-16(24-15(20-14)4-6-19-24)22-10-7-21(8-11-22)9-12-23-17(25)3-2-5-18-23/h2-6,13H,7-12H2,1H3. The van der Waals surface area contributed by atoms with Crippen molar-refractivity contribution < 1.29 is 0 Å². The summed E-state index contributed by atoms with van der Waals surface area (Å²) in [7, 11) is 0. The third kappa shape index (κ3) is 3.25. The maximum atomic E-state index is 11.7. The SMILES string of the molecule is Cc1cc(N2CCN(CCn3ncccc3=O)CC2)n2nccc2n1. The van der Waals surface area contributed by atoms with Crippen LogP contribution in [0.1, 0.15) is 5.69 Å². The van der Waals surface area contributed by atoms with Crippen LogP contribution in [0.15, 0.2) is 41.5 Å². The molecule has 3 aromatic heterocycles. The summed E-state index contributed by atoms with van der Waals surface area (Å²) in [6.07, 6.45) is 3.44. The fourth-order valence-corrected chi connectivity index (χ4v) is 3.24. The van der Waals surface area contributed by atoms with E-state index in [1.54, 1.807) is 24.5 Å². The summed E-state index contributed by atoms with van der Waals surface area (Å²) in [5, 5.41) is 8.50. The normalized spacial score (nSPS) is 15.8. The zero-order valence-corrected chi connectivity index (χ0v) is 14.2. The van der Waals surface area contributed by atoms with E-state index in [2.05, 4.69) is 31.0 Å². The van der Waals surface area contributed by atoms with Crippen molar-refractivity contribution in [3.8, 4) is 0 Å². The van der Waals surface area contributed by atoms with Crippen molar-refractivity contribution in [3.63, 3.8) is 0 Å². The van der Waals surface area contributed by atoms with Crippen molar-refractivity contribution in [1.29, 1.82) is 0 Å². The van der Waals surface area contributed by atoms with Gasteiger partial charge in [0.15, 0.2) is 5.65 Å². The van der Waals surface area contributed by atoms with Gasteiger partial charge >= 0.3 is 0 Å². The van der Waals surface area contributed by atoms with Crippen LogP contribution in [0.2, 0.25) is 0 Å². The van der Waals surface area contributed by atoms with E-state index < -0.39 is 0 Å². The highest BCUT2D eigenvalue weighted by atomic mass is 16.1. The highest BCUT2D eigenvalue weighted by molar-refractivity contribution is 5.50. The highest BCUT2D eigenvalue weighted by Crippen LogP contribution is 2.18. The summed E-state index contributed by atoms with van der Waals surface area (Å²) >= 11 is 0. The molecule has 4 heterocycles. The van der Waals surface area contributed by atoms with Crippen LogP contribution in [0.25, 0.3) is 5.65 Å². The minimum atomic E-state index is -0.0468. The fourth-order valence-electron chi connectivity index (χ4n) is 3.24. The van der Waals surface area contributed by atoms with Crippen molar-refractivity contribution in [1.82, 2.24) is 29.3 Å². The molecule has 0 saturated carbocycles. The van der Waals surface area contributed by atoms with Gasteiger partial charge in [-0.1, -0.05) is 0 Å². The number of hydrogen-bond acceptors (Lipinski definition) is 6. The molecule has 0 unspecified atom stereocenters. The molecule has 1 saturated heterocycles. The predicted octanol–water partition coefficient (Wildman–Crippen LogP) is 0.417. The van der Waals surface area contributed by atoms with Crippen molar-refractivity contribution in [3.05, 3.63) is 52.7 Å². The Morgan fingerprint density at radius 1 is 1.04 bits per heavy atom. The van der Waals surface area contributed by atoms with Gasteiger partial charge in [0.25, 0.3) is 5.56 Å².